The minimum atomic E-state index is 0.199. The average Bonchev–Trinajstić information content (AvgIpc) is 2.98. The van der Waals surface area contributed by atoms with Crippen LogP contribution in [0.3, 0.4) is 0 Å². The molecule has 0 bridgehead atoms. The lowest BCUT2D eigenvalue weighted by molar-refractivity contribution is 0.297. The molecule has 0 radical (unpaired) electrons. The summed E-state index contributed by atoms with van der Waals surface area (Å²) in [4.78, 5) is 8.62. The fourth-order valence-electron chi connectivity index (χ4n) is 2.11. The van der Waals surface area contributed by atoms with E-state index in [4.69, 9.17) is 4.52 Å². The van der Waals surface area contributed by atoms with E-state index in [0.29, 0.717) is 11.7 Å². The molecule has 17 heavy (non-hydrogen) atoms. The highest BCUT2D eigenvalue weighted by Crippen LogP contribution is 2.23. The Hall–Kier alpha value is -1.69. The van der Waals surface area contributed by atoms with Gasteiger partial charge in [0.25, 0.3) is 0 Å². The van der Waals surface area contributed by atoms with E-state index in [0.717, 1.165) is 18.8 Å². The Labute approximate surface area is 99.0 Å². The largest absolute Gasteiger partial charge is 0.337 e. The lowest BCUT2D eigenvalue weighted by Crippen LogP contribution is -2.26. The van der Waals surface area contributed by atoms with Crippen LogP contribution in [0.2, 0.25) is 0 Å². The molecular weight excluding hydrogens is 218 g/mol. The first-order chi connectivity index (χ1) is 8.34. The molecule has 1 saturated heterocycles. The number of aromatic nitrogens is 4. The van der Waals surface area contributed by atoms with Crippen molar-refractivity contribution in [2.75, 3.05) is 6.54 Å². The summed E-state index contributed by atoms with van der Waals surface area (Å²) in [6.45, 7) is 1.02. The molecule has 2 aromatic heterocycles. The third kappa shape index (κ3) is 1.95. The summed E-state index contributed by atoms with van der Waals surface area (Å²) in [6, 6.07) is 0.199. The maximum atomic E-state index is 5.31. The van der Waals surface area contributed by atoms with Gasteiger partial charge in [0.1, 0.15) is 0 Å². The molecule has 0 unspecified atom stereocenters. The minimum absolute atomic E-state index is 0.199. The summed E-state index contributed by atoms with van der Waals surface area (Å²) in [5.74, 6) is 1.96. The summed E-state index contributed by atoms with van der Waals surface area (Å²) >= 11 is 0. The summed E-state index contributed by atoms with van der Waals surface area (Å²) in [7, 11) is 1.91. The van der Waals surface area contributed by atoms with Crippen LogP contribution in [0.4, 0.5) is 0 Å². The monoisotopic (exact) mass is 233 g/mol. The Bertz CT molecular complexity index is 497. The molecule has 0 saturated carbocycles. The first-order valence-corrected chi connectivity index (χ1v) is 5.89. The number of piperidine rings is 1. The van der Waals surface area contributed by atoms with Crippen molar-refractivity contribution in [3.05, 3.63) is 18.3 Å². The predicted octanol–water partition coefficient (Wildman–Crippen LogP) is 1.28. The summed E-state index contributed by atoms with van der Waals surface area (Å²) in [6.07, 6.45) is 7.07. The molecule has 1 fully saturated rings. The molecule has 3 heterocycles. The third-order valence-corrected chi connectivity index (χ3v) is 3.07. The van der Waals surface area contributed by atoms with Crippen LogP contribution in [0.5, 0.6) is 0 Å². The second-order valence-corrected chi connectivity index (χ2v) is 4.32. The van der Waals surface area contributed by atoms with Gasteiger partial charge in [-0.15, -0.1) is 0 Å². The van der Waals surface area contributed by atoms with Gasteiger partial charge in [-0.05, 0) is 19.4 Å². The molecule has 1 N–H and O–H groups in total. The number of imidazole rings is 1. The van der Waals surface area contributed by atoms with E-state index in [-0.39, 0.29) is 6.04 Å². The highest BCUT2D eigenvalue weighted by molar-refractivity contribution is 5.42. The molecule has 1 aliphatic rings. The second-order valence-electron chi connectivity index (χ2n) is 4.32. The van der Waals surface area contributed by atoms with Crippen LogP contribution in [0.25, 0.3) is 11.6 Å². The summed E-state index contributed by atoms with van der Waals surface area (Å²) < 4.78 is 7.18. The van der Waals surface area contributed by atoms with Gasteiger partial charge < -0.3 is 14.4 Å². The van der Waals surface area contributed by atoms with E-state index in [1.165, 1.54) is 12.8 Å². The molecule has 2 aromatic rings. The lowest BCUT2D eigenvalue weighted by Gasteiger charge is -2.19. The Kier molecular flexibility index (Phi) is 2.64. The van der Waals surface area contributed by atoms with Crippen molar-refractivity contribution >= 4 is 0 Å². The first-order valence-electron chi connectivity index (χ1n) is 5.89. The smallest absolute Gasteiger partial charge is 0.244 e. The summed E-state index contributed by atoms with van der Waals surface area (Å²) in [5.41, 5.74) is 0. The highest BCUT2D eigenvalue weighted by Gasteiger charge is 2.22. The van der Waals surface area contributed by atoms with Crippen LogP contribution in [0.1, 0.15) is 31.2 Å². The first kappa shape index (κ1) is 10.5. The number of hydrogen-bond acceptors (Lipinski definition) is 5. The van der Waals surface area contributed by atoms with E-state index >= 15 is 0 Å². The predicted molar refractivity (Wildman–Crippen MR) is 61.1 cm³/mol. The van der Waals surface area contributed by atoms with Gasteiger partial charge in [-0.25, -0.2) is 4.98 Å². The Balaban J connectivity index is 1.85. The Morgan fingerprint density at radius 2 is 2.41 bits per heavy atom. The molecule has 6 heteroatoms. The van der Waals surface area contributed by atoms with Crippen molar-refractivity contribution in [2.45, 2.75) is 25.3 Å². The van der Waals surface area contributed by atoms with Crippen LogP contribution in [0.15, 0.2) is 16.9 Å². The van der Waals surface area contributed by atoms with Crippen molar-refractivity contribution < 1.29 is 4.52 Å². The second kappa shape index (κ2) is 4.29. The maximum absolute atomic E-state index is 5.31. The van der Waals surface area contributed by atoms with Crippen LogP contribution in [-0.2, 0) is 7.05 Å². The van der Waals surface area contributed by atoms with Gasteiger partial charge in [-0.2, -0.15) is 4.98 Å². The molecule has 1 atom stereocenters. The van der Waals surface area contributed by atoms with E-state index in [1.807, 2.05) is 17.8 Å². The molecule has 0 aromatic carbocycles. The average molecular weight is 233 g/mol. The van der Waals surface area contributed by atoms with Crippen LogP contribution in [-0.4, -0.2) is 26.2 Å². The van der Waals surface area contributed by atoms with Crippen molar-refractivity contribution in [3.8, 4) is 11.6 Å². The Morgan fingerprint density at radius 3 is 3.12 bits per heavy atom. The van der Waals surface area contributed by atoms with Crippen LogP contribution in [0, 0.1) is 0 Å². The molecular formula is C11H15N5O. The number of rotatable bonds is 2. The van der Waals surface area contributed by atoms with Gasteiger partial charge in [-0.1, -0.05) is 11.6 Å². The van der Waals surface area contributed by atoms with Gasteiger partial charge in [0.05, 0.1) is 6.04 Å². The standard InChI is InChI=1S/C11H15N5O/c1-16-7-6-13-10(16)9-14-11(17-15-9)8-4-2-3-5-12-8/h6-8,12H,2-5H2,1H3/t8-/m1/s1. The van der Waals surface area contributed by atoms with Gasteiger partial charge >= 0.3 is 0 Å². The van der Waals surface area contributed by atoms with E-state index in [1.54, 1.807) is 6.20 Å². The van der Waals surface area contributed by atoms with Crippen molar-refractivity contribution in [3.63, 3.8) is 0 Å². The third-order valence-electron chi connectivity index (χ3n) is 3.07. The van der Waals surface area contributed by atoms with Crippen molar-refractivity contribution in [1.82, 2.24) is 25.0 Å². The van der Waals surface area contributed by atoms with Gasteiger partial charge in [0, 0.05) is 19.4 Å². The maximum Gasteiger partial charge on any atom is 0.244 e. The van der Waals surface area contributed by atoms with Gasteiger partial charge in [0.2, 0.25) is 11.7 Å². The van der Waals surface area contributed by atoms with Gasteiger partial charge in [-0.3, -0.25) is 0 Å². The quantitative estimate of drug-likeness (QED) is 0.846. The number of nitrogens with zero attached hydrogens (tertiary/aromatic N) is 4. The zero-order valence-electron chi connectivity index (χ0n) is 9.76. The number of aryl methyl sites for hydroxylation is 1. The number of hydrogen-bond donors (Lipinski definition) is 1. The zero-order valence-corrected chi connectivity index (χ0v) is 9.76. The van der Waals surface area contributed by atoms with Crippen LogP contribution >= 0.6 is 0 Å². The Morgan fingerprint density at radius 1 is 1.47 bits per heavy atom. The molecule has 0 spiro atoms. The minimum Gasteiger partial charge on any atom is -0.337 e. The SMILES string of the molecule is Cn1ccnc1-c1noc([C@H]2CCCCN2)n1. The number of nitrogens with one attached hydrogen (secondary N) is 1. The molecule has 6 nitrogen and oxygen atoms in total. The highest BCUT2D eigenvalue weighted by atomic mass is 16.5. The molecule has 0 amide bonds. The topological polar surface area (TPSA) is 68.8 Å². The lowest BCUT2D eigenvalue weighted by atomic mass is 10.1. The fraction of sp³-hybridized carbons (Fsp3) is 0.545. The van der Waals surface area contributed by atoms with Crippen molar-refractivity contribution in [1.29, 1.82) is 0 Å². The van der Waals surface area contributed by atoms with Gasteiger partial charge in [0.15, 0.2) is 5.82 Å². The molecule has 90 valence electrons. The summed E-state index contributed by atoms with van der Waals surface area (Å²) in [5, 5.41) is 7.37. The molecule has 3 rings (SSSR count). The van der Waals surface area contributed by atoms with Crippen LogP contribution < -0.4 is 5.32 Å². The van der Waals surface area contributed by atoms with E-state index < -0.39 is 0 Å². The zero-order chi connectivity index (χ0) is 11.7. The normalized spacial score (nSPS) is 20.6. The fourth-order valence-corrected chi connectivity index (χ4v) is 2.11. The molecule has 1 aliphatic heterocycles. The van der Waals surface area contributed by atoms with E-state index in [9.17, 15) is 0 Å². The van der Waals surface area contributed by atoms with Crippen molar-refractivity contribution in [2.24, 2.45) is 7.05 Å². The van der Waals surface area contributed by atoms with E-state index in [2.05, 4.69) is 20.4 Å². The molecule has 0 aliphatic carbocycles.